The Hall–Kier alpha value is -0.0500. The second-order valence-electron chi connectivity index (χ2n) is 2.99. The van der Waals surface area contributed by atoms with Crippen molar-refractivity contribution in [3.05, 3.63) is 33.8 Å². The van der Waals surface area contributed by atoms with E-state index in [2.05, 4.69) is 34.1 Å². The smallest absolute Gasteiger partial charge is 0.0301 e. The molecule has 3 heteroatoms. The molecule has 0 unspecified atom stereocenters. The minimum atomic E-state index is 0. The summed E-state index contributed by atoms with van der Waals surface area (Å²) in [4.78, 5) is 0. The fourth-order valence-corrected chi connectivity index (χ4v) is 1.98. The third-order valence-electron chi connectivity index (χ3n) is 2.23. The summed E-state index contributed by atoms with van der Waals surface area (Å²) < 4.78 is 1.13. The van der Waals surface area contributed by atoms with Crippen LogP contribution in [0.2, 0.25) is 0 Å². The van der Waals surface area contributed by atoms with Gasteiger partial charge in [-0.15, -0.1) is 12.4 Å². The van der Waals surface area contributed by atoms with Gasteiger partial charge >= 0.3 is 0 Å². The molecule has 0 aromatic heterocycles. The molecule has 0 bridgehead atoms. The van der Waals surface area contributed by atoms with E-state index in [1.807, 2.05) is 0 Å². The SMILES string of the molecule is Cl.N[C@@H]1CCc2ccc(Br)cc21. The van der Waals surface area contributed by atoms with Crippen molar-refractivity contribution < 1.29 is 0 Å². The van der Waals surface area contributed by atoms with E-state index < -0.39 is 0 Å². The van der Waals surface area contributed by atoms with Gasteiger partial charge < -0.3 is 5.73 Å². The van der Waals surface area contributed by atoms with Gasteiger partial charge in [-0.2, -0.15) is 0 Å². The van der Waals surface area contributed by atoms with Crippen LogP contribution in [-0.4, -0.2) is 0 Å². The fraction of sp³-hybridized carbons (Fsp3) is 0.333. The number of hydrogen-bond acceptors (Lipinski definition) is 1. The van der Waals surface area contributed by atoms with Gasteiger partial charge in [-0.1, -0.05) is 22.0 Å². The third-order valence-corrected chi connectivity index (χ3v) is 2.73. The Balaban J connectivity index is 0.000000720. The van der Waals surface area contributed by atoms with Crippen LogP contribution >= 0.6 is 28.3 Å². The number of aryl methyl sites for hydroxylation is 1. The summed E-state index contributed by atoms with van der Waals surface area (Å²) in [6.07, 6.45) is 2.25. The molecule has 1 aliphatic carbocycles. The maximum atomic E-state index is 5.89. The normalized spacial score (nSPS) is 20.0. The van der Waals surface area contributed by atoms with Gasteiger partial charge in [-0.25, -0.2) is 0 Å². The van der Waals surface area contributed by atoms with Crippen LogP contribution in [0.15, 0.2) is 22.7 Å². The molecule has 12 heavy (non-hydrogen) atoms. The molecule has 0 radical (unpaired) electrons. The standard InChI is InChI=1S/C9H10BrN.ClH/c10-7-3-1-6-2-4-9(11)8(6)5-7;/h1,3,5,9H,2,4,11H2;1H/t9-;/m1./s1. The predicted molar refractivity (Wildman–Crippen MR) is 56.6 cm³/mol. The highest BCUT2D eigenvalue weighted by Crippen LogP contribution is 2.30. The van der Waals surface area contributed by atoms with Crippen molar-refractivity contribution in [3.8, 4) is 0 Å². The molecule has 0 spiro atoms. The molecule has 2 rings (SSSR count). The average Bonchev–Trinajstić information content (AvgIpc) is 2.33. The van der Waals surface area contributed by atoms with Crippen molar-refractivity contribution in [2.75, 3.05) is 0 Å². The van der Waals surface area contributed by atoms with Gasteiger partial charge in [0.1, 0.15) is 0 Å². The number of benzene rings is 1. The number of fused-ring (bicyclic) bond motifs is 1. The summed E-state index contributed by atoms with van der Waals surface area (Å²) in [6, 6.07) is 6.64. The molecule has 1 nitrogen and oxygen atoms in total. The minimum Gasteiger partial charge on any atom is -0.324 e. The zero-order chi connectivity index (χ0) is 7.84. The van der Waals surface area contributed by atoms with Crippen LogP contribution in [0.1, 0.15) is 23.6 Å². The van der Waals surface area contributed by atoms with Crippen molar-refractivity contribution in [1.82, 2.24) is 0 Å². The number of nitrogens with two attached hydrogens (primary N) is 1. The molecule has 0 aliphatic heterocycles. The highest BCUT2D eigenvalue weighted by molar-refractivity contribution is 9.10. The van der Waals surface area contributed by atoms with Crippen molar-refractivity contribution in [3.63, 3.8) is 0 Å². The van der Waals surface area contributed by atoms with Crippen molar-refractivity contribution in [1.29, 1.82) is 0 Å². The molecule has 1 aromatic rings. The minimum absolute atomic E-state index is 0. The van der Waals surface area contributed by atoms with E-state index in [-0.39, 0.29) is 18.4 Å². The summed E-state index contributed by atoms with van der Waals surface area (Å²) in [5.41, 5.74) is 8.63. The van der Waals surface area contributed by atoms with Gasteiger partial charge in [0, 0.05) is 10.5 Å². The third kappa shape index (κ3) is 1.65. The van der Waals surface area contributed by atoms with Crippen LogP contribution in [0.4, 0.5) is 0 Å². The Bertz CT molecular complexity index is 288. The Morgan fingerprint density at radius 3 is 2.92 bits per heavy atom. The fourth-order valence-electron chi connectivity index (χ4n) is 1.61. The summed E-state index contributed by atoms with van der Waals surface area (Å²) in [7, 11) is 0. The first kappa shape index (κ1) is 10.0. The van der Waals surface area contributed by atoms with E-state index in [0.29, 0.717) is 0 Å². The van der Waals surface area contributed by atoms with E-state index >= 15 is 0 Å². The van der Waals surface area contributed by atoms with Crippen LogP contribution in [-0.2, 0) is 6.42 Å². The summed E-state index contributed by atoms with van der Waals surface area (Å²) in [5.74, 6) is 0. The first-order chi connectivity index (χ1) is 5.27. The average molecular weight is 249 g/mol. The number of rotatable bonds is 0. The van der Waals surface area contributed by atoms with Crippen LogP contribution < -0.4 is 5.73 Å². The highest BCUT2D eigenvalue weighted by atomic mass is 79.9. The first-order valence-electron chi connectivity index (χ1n) is 3.81. The lowest BCUT2D eigenvalue weighted by molar-refractivity contribution is 0.713. The molecule has 1 atom stereocenters. The van der Waals surface area contributed by atoms with Crippen LogP contribution in [0.3, 0.4) is 0 Å². The predicted octanol–water partition coefficient (Wildman–Crippen LogP) is 2.82. The molecular formula is C9H11BrClN. The molecule has 66 valence electrons. The van der Waals surface area contributed by atoms with E-state index in [0.717, 1.165) is 17.3 Å². The lowest BCUT2D eigenvalue weighted by Gasteiger charge is -2.03. The molecule has 0 saturated carbocycles. The molecular weight excluding hydrogens is 237 g/mol. The second-order valence-corrected chi connectivity index (χ2v) is 3.90. The molecule has 0 heterocycles. The Morgan fingerprint density at radius 1 is 1.42 bits per heavy atom. The molecule has 0 saturated heterocycles. The number of hydrogen-bond donors (Lipinski definition) is 1. The summed E-state index contributed by atoms with van der Waals surface area (Å²) >= 11 is 3.44. The van der Waals surface area contributed by atoms with Crippen molar-refractivity contribution >= 4 is 28.3 Å². The van der Waals surface area contributed by atoms with E-state index in [1.54, 1.807) is 0 Å². The van der Waals surface area contributed by atoms with Crippen molar-refractivity contribution in [2.45, 2.75) is 18.9 Å². The summed E-state index contributed by atoms with van der Waals surface area (Å²) in [5, 5.41) is 0. The maximum absolute atomic E-state index is 5.89. The van der Waals surface area contributed by atoms with E-state index in [1.165, 1.54) is 11.1 Å². The molecule has 1 aromatic carbocycles. The topological polar surface area (TPSA) is 26.0 Å². The van der Waals surface area contributed by atoms with Gasteiger partial charge in [0.25, 0.3) is 0 Å². The largest absolute Gasteiger partial charge is 0.324 e. The molecule has 2 N–H and O–H groups in total. The van der Waals surface area contributed by atoms with Crippen LogP contribution in [0.25, 0.3) is 0 Å². The highest BCUT2D eigenvalue weighted by Gasteiger charge is 2.18. The Morgan fingerprint density at radius 2 is 2.17 bits per heavy atom. The maximum Gasteiger partial charge on any atom is 0.0301 e. The second kappa shape index (κ2) is 3.77. The zero-order valence-corrected chi connectivity index (χ0v) is 8.99. The van der Waals surface area contributed by atoms with Gasteiger partial charge in [0.15, 0.2) is 0 Å². The van der Waals surface area contributed by atoms with Crippen molar-refractivity contribution in [2.24, 2.45) is 5.73 Å². The van der Waals surface area contributed by atoms with Gasteiger partial charge in [0.2, 0.25) is 0 Å². The lowest BCUT2D eigenvalue weighted by atomic mass is 10.1. The Labute approximate surface area is 86.9 Å². The molecule has 1 aliphatic rings. The first-order valence-corrected chi connectivity index (χ1v) is 4.60. The zero-order valence-electron chi connectivity index (χ0n) is 6.59. The Kier molecular flexibility index (Phi) is 3.16. The number of halogens is 2. The van der Waals surface area contributed by atoms with Crippen LogP contribution in [0, 0.1) is 0 Å². The molecule has 0 amide bonds. The van der Waals surface area contributed by atoms with Gasteiger partial charge in [-0.3, -0.25) is 0 Å². The van der Waals surface area contributed by atoms with Crippen LogP contribution in [0.5, 0.6) is 0 Å². The van der Waals surface area contributed by atoms with E-state index in [4.69, 9.17) is 5.73 Å². The lowest BCUT2D eigenvalue weighted by Crippen LogP contribution is -2.04. The van der Waals surface area contributed by atoms with E-state index in [9.17, 15) is 0 Å². The quantitative estimate of drug-likeness (QED) is 0.751. The molecule has 0 fully saturated rings. The monoisotopic (exact) mass is 247 g/mol. The van der Waals surface area contributed by atoms with Gasteiger partial charge in [0.05, 0.1) is 0 Å². The summed E-state index contributed by atoms with van der Waals surface area (Å²) in [6.45, 7) is 0. The van der Waals surface area contributed by atoms with Gasteiger partial charge in [-0.05, 0) is 36.1 Å².